The number of aryl methyl sites for hydroxylation is 1. The number of hydrogen-bond donors (Lipinski definition) is 2. The van der Waals surface area contributed by atoms with Crippen LogP contribution < -0.4 is 11.1 Å². The van der Waals surface area contributed by atoms with Crippen molar-refractivity contribution in [3.05, 3.63) is 66.0 Å². The van der Waals surface area contributed by atoms with Gasteiger partial charge >= 0.3 is 0 Å². The highest BCUT2D eigenvalue weighted by molar-refractivity contribution is 5.43. The fraction of sp³-hybridized carbons (Fsp3) is 0.250. The highest BCUT2D eigenvalue weighted by Gasteiger charge is 2.06. The molecule has 2 rings (SSSR count). The van der Waals surface area contributed by atoms with E-state index in [0.717, 1.165) is 18.5 Å². The Morgan fingerprint density at radius 2 is 1.68 bits per heavy atom. The topological polar surface area (TPSA) is 38.0 Å². The van der Waals surface area contributed by atoms with Gasteiger partial charge in [0.05, 0.1) is 0 Å². The van der Waals surface area contributed by atoms with Crippen LogP contribution in [0.15, 0.2) is 54.6 Å². The molecule has 0 fully saturated rings. The number of nitrogens with two attached hydrogens (primary N) is 1. The molecular formula is C16H19FN2. The van der Waals surface area contributed by atoms with Gasteiger partial charge < -0.3 is 11.1 Å². The van der Waals surface area contributed by atoms with E-state index in [-0.39, 0.29) is 11.9 Å². The summed E-state index contributed by atoms with van der Waals surface area (Å²) in [6.45, 7) is 0.560. The lowest BCUT2D eigenvalue weighted by Gasteiger charge is -2.18. The Balaban J connectivity index is 1.88. The molecule has 19 heavy (non-hydrogen) atoms. The van der Waals surface area contributed by atoms with E-state index in [0.29, 0.717) is 6.54 Å². The number of rotatable bonds is 6. The zero-order valence-corrected chi connectivity index (χ0v) is 10.9. The third-order valence-electron chi connectivity index (χ3n) is 3.12. The van der Waals surface area contributed by atoms with Gasteiger partial charge in [0.25, 0.3) is 0 Å². The molecule has 0 aromatic heterocycles. The quantitative estimate of drug-likeness (QED) is 0.835. The highest BCUT2D eigenvalue weighted by atomic mass is 19.1. The lowest BCUT2D eigenvalue weighted by molar-refractivity contribution is 0.627. The van der Waals surface area contributed by atoms with E-state index in [1.54, 1.807) is 12.1 Å². The Kier molecular flexibility index (Phi) is 4.93. The smallest absolute Gasteiger partial charge is 0.123 e. The molecule has 1 unspecified atom stereocenters. The maximum absolute atomic E-state index is 12.8. The third kappa shape index (κ3) is 4.38. The molecule has 3 N–H and O–H groups in total. The minimum atomic E-state index is -0.223. The molecule has 0 radical (unpaired) electrons. The van der Waals surface area contributed by atoms with Crippen LogP contribution in [0.25, 0.3) is 0 Å². The predicted molar refractivity (Wildman–Crippen MR) is 77.6 cm³/mol. The van der Waals surface area contributed by atoms with Crippen LogP contribution in [0, 0.1) is 5.82 Å². The maximum atomic E-state index is 12.8. The predicted octanol–water partition coefficient (Wildman–Crippen LogP) is 3.20. The minimum absolute atomic E-state index is 0.200. The van der Waals surface area contributed by atoms with Gasteiger partial charge in [0.1, 0.15) is 5.82 Å². The molecule has 0 heterocycles. The lowest BCUT2D eigenvalue weighted by atomic mass is 10.1. The summed E-state index contributed by atoms with van der Waals surface area (Å²) in [7, 11) is 0. The number of nitrogens with one attached hydrogen (secondary N) is 1. The zero-order valence-electron chi connectivity index (χ0n) is 10.9. The van der Waals surface area contributed by atoms with E-state index in [1.807, 2.05) is 18.2 Å². The van der Waals surface area contributed by atoms with Gasteiger partial charge in [-0.05, 0) is 42.7 Å². The average Bonchev–Trinajstić information content (AvgIpc) is 2.46. The lowest BCUT2D eigenvalue weighted by Crippen LogP contribution is -2.29. The number of anilines is 1. The second kappa shape index (κ2) is 6.90. The van der Waals surface area contributed by atoms with Crippen LogP contribution in [-0.4, -0.2) is 12.6 Å². The summed E-state index contributed by atoms with van der Waals surface area (Å²) in [5.41, 5.74) is 7.99. The maximum Gasteiger partial charge on any atom is 0.123 e. The monoisotopic (exact) mass is 258 g/mol. The number of halogens is 1. The van der Waals surface area contributed by atoms with Crippen molar-refractivity contribution < 1.29 is 4.39 Å². The van der Waals surface area contributed by atoms with Crippen LogP contribution in [0.4, 0.5) is 10.1 Å². The number of benzene rings is 2. The van der Waals surface area contributed by atoms with Crippen molar-refractivity contribution in [2.45, 2.75) is 18.9 Å². The van der Waals surface area contributed by atoms with Crippen molar-refractivity contribution in [2.75, 3.05) is 11.9 Å². The Morgan fingerprint density at radius 1 is 1.00 bits per heavy atom. The van der Waals surface area contributed by atoms with Crippen LogP contribution >= 0.6 is 0 Å². The largest absolute Gasteiger partial charge is 0.381 e. The highest BCUT2D eigenvalue weighted by Crippen LogP contribution is 2.12. The van der Waals surface area contributed by atoms with E-state index in [1.165, 1.54) is 17.7 Å². The van der Waals surface area contributed by atoms with Crippen LogP contribution in [0.1, 0.15) is 12.0 Å². The van der Waals surface area contributed by atoms with Gasteiger partial charge in [-0.25, -0.2) is 4.39 Å². The molecule has 0 aliphatic carbocycles. The summed E-state index contributed by atoms with van der Waals surface area (Å²) in [6, 6.07) is 16.9. The van der Waals surface area contributed by atoms with Crippen molar-refractivity contribution in [1.82, 2.24) is 0 Å². The molecule has 0 bridgehead atoms. The van der Waals surface area contributed by atoms with Crippen LogP contribution in [-0.2, 0) is 6.42 Å². The van der Waals surface area contributed by atoms with Gasteiger partial charge in [0.2, 0.25) is 0 Å². The molecule has 3 heteroatoms. The van der Waals surface area contributed by atoms with Crippen LogP contribution in [0.3, 0.4) is 0 Å². The number of hydrogen-bond acceptors (Lipinski definition) is 2. The van der Waals surface area contributed by atoms with Crippen molar-refractivity contribution >= 4 is 5.69 Å². The first-order valence-corrected chi connectivity index (χ1v) is 6.54. The SMILES string of the molecule is NCC(CCc1ccccc1)Nc1ccc(F)cc1. The fourth-order valence-electron chi connectivity index (χ4n) is 2.02. The molecule has 0 aliphatic heterocycles. The van der Waals surface area contributed by atoms with Crippen LogP contribution in [0.5, 0.6) is 0 Å². The summed E-state index contributed by atoms with van der Waals surface area (Å²) in [6.07, 6.45) is 1.94. The standard InChI is InChI=1S/C16H19FN2/c17-14-7-10-15(11-8-14)19-16(12-18)9-6-13-4-2-1-3-5-13/h1-5,7-8,10-11,16,19H,6,9,12,18H2. The first kappa shape index (κ1) is 13.6. The zero-order chi connectivity index (χ0) is 13.5. The molecule has 2 nitrogen and oxygen atoms in total. The Morgan fingerprint density at radius 3 is 2.32 bits per heavy atom. The summed E-state index contributed by atoms with van der Waals surface area (Å²) >= 11 is 0. The van der Waals surface area contributed by atoms with E-state index in [9.17, 15) is 4.39 Å². The Bertz CT molecular complexity index is 482. The molecule has 0 aliphatic rings. The third-order valence-corrected chi connectivity index (χ3v) is 3.12. The molecular weight excluding hydrogens is 239 g/mol. The molecule has 0 amide bonds. The van der Waals surface area contributed by atoms with Crippen molar-refractivity contribution in [2.24, 2.45) is 5.73 Å². The normalized spacial score (nSPS) is 12.1. The summed E-state index contributed by atoms with van der Waals surface area (Å²) < 4.78 is 12.8. The van der Waals surface area contributed by atoms with Crippen molar-refractivity contribution in [3.8, 4) is 0 Å². The van der Waals surface area contributed by atoms with Crippen LogP contribution in [0.2, 0.25) is 0 Å². The molecule has 0 spiro atoms. The van der Waals surface area contributed by atoms with E-state index in [2.05, 4.69) is 17.4 Å². The minimum Gasteiger partial charge on any atom is -0.381 e. The Hall–Kier alpha value is -1.87. The second-order valence-corrected chi connectivity index (χ2v) is 4.61. The van der Waals surface area contributed by atoms with Gasteiger partial charge in [-0.15, -0.1) is 0 Å². The molecule has 0 saturated carbocycles. The summed E-state index contributed by atoms with van der Waals surface area (Å²) in [4.78, 5) is 0. The van der Waals surface area contributed by atoms with Crippen molar-refractivity contribution in [3.63, 3.8) is 0 Å². The summed E-state index contributed by atoms with van der Waals surface area (Å²) in [5, 5.41) is 3.33. The van der Waals surface area contributed by atoms with Gasteiger partial charge in [0, 0.05) is 18.3 Å². The first-order valence-electron chi connectivity index (χ1n) is 6.54. The fourth-order valence-corrected chi connectivity index (χ4v) is 2.02. The average molecular weight is 258 g/mol. The van der Waals surface area contributed by atoms with Crippen molar-refractivity contribution in [1.29, 1.82) is 0 Å². The molecule has 2 aromatic rings. The molecule has 0 saturated heterocycles. The molecule has 2 aromatic carbocycles. The van der Waals surface area contributed by atoms with Gasteiger partial charge in [-0.1, -0.05) is 30.3 Å². The molecule has 100 valence electrons. The van der Waals surface area contributed by atoms with E-state index in [4.69, 9.17) is 5.73 Å². The Labute approximate surface area is 113 Å². The molecule has 1 atom stereocenters. The second-order valence-electron chi connectivity index (χ2n) is 4.61. The van der Waals surface area contributed by atoms with Gasteiger partial charge in [-0.3, -0.25) is 0 Å². The van der Waals surface area contributed by atoms with E-state index < -0.39 is 0 Å². The first-order chi connectivity index (χ1) is 9.28. The van der Waals surface area contributed by atoms with E-state index >= 15 is 0 Å². The van der Waals surface area contributed by atoms with Gasteiger partial charge in [-0.2, -0.15) is 0 Å². The van der Waals surface area contributed by atoms with Gasteiger partial charge in [0.15, 0.2) is 0 Å². The summed E-state index contributed by atoms with van der Waals surface area (Å²) in [5.74, 6) is -0.223.